The lowest BCUT2D eigenvalue weighted by Crippen LogP contribution is -2.23. The molecule has 0 N–H and O–H groups in total. The van der Waals surface area contributed by atoms with Crippen LogP contribution in [0.1, 0.15) is 19.9 Å². The largest absolute Gasteiger partial charge is 0.329 e. The van der Waals surface area contributed by atoms with Crippen molar-refractivity contribution < 1.29 is 0 Å². The van der Waals surface area contributed by atoms with Crippen molar-refractivity contribution in [2.24, 2.45) is 7.05 Å². The number of pyridine rings is 1. The highest BCUT2D eigenvalue weighted by atomic mass is 16.1. The molecule has 74 valence electrons. The fourth-order valence-electron chi connectivity index (χ4n) is 1.71. The Morgan fingerprint density at radius 2 is 2.07 bits per heavy atom. The van der Waals surface area contributed by atoms with Gasteiger partial charge in [0.15, 0.2) is 0 Å². The molecule has 2 aromatic rings. The van der Waals surface area contributed by atoms with E-state index in [0.29, 0.717) is 0 Å². The van der Waals surface area contributed by atoms with E-state index in [4.69, 9.17) is 0 Å². The van der Waals surface area contributed by atoms with E-state index in [9.17, 15) is 4.79 Å². The van der Waals surface area contributed by atoms with Crippen molar-refractivity contribution in [2.45, 2.75) is 19.9 Å². The molecule has 0 fully saturated rings. The van der Waals surface area contributed by atoms with Crippen molar-refractivity contribution in [3.05, 3.63) is 28.9 Å². The summed E-state index contributed by atoms with van der Waals surface area (Å²) >= 11 is 0. The summed E-state index contributed by atoms with van der Waals surface area (Å²) in [4.78, 5) is 15.9. The number of aryl methyl sites for hydroxylation is 1. The molecule has 0 saturated heterocycles. The van der Waals surface area contributed by atoms with Crippen LogP contribution in [0.4, 0.5) is 0 Å². The van der Waals surface area contributed by atoms with Gasteiger partial charge in [-0.05, 0) is 19.9 Å². The summed E-state index contributed by atoms with van der Waals surface area (Å²) in [5, 5.41) is 0. The summed E-state index contributed by atoms with van der Waals surface area (Å²) in [5.41, 5.74) is 1.84. The zero-order valence-corrected chi connectivity index (χ0v) is 8.56. The van der Waals surface area contributed by atoms with Gasteiger partial charge < -0.3 is 0 Å². The third-order valence-corrected chi connectivity index (χ3v) is 2.41. The zero-order valence-electron chi connectivity index (χ0n) is 8.56. The molecule has 0 bridgehead atoms. The van der Waals surface area contributed by atoms with Crippen LogP contribution in [0.2, 0.25) is 0 Å². The smallest absolute Gasteiger partial charge is 0.295 e. The number of hydrogen-bond acceptors (Lipinski definition) is 2. The van der Waals surface area contributed by atoms with Crippen LogP contribution in [0.25, 0.3) is 11.0 Å². The van der Waals surface area contributed by atoms with Crippen molar-refractivity contribution in [1.82, 2.24) is 14.1 Å². The number of hydrogen-bond donors (Lipinski definition) is 0. The molecule has 0 aromatic carbocycles. The molecule has 2 aromatic heterocycles. The Balaban J connectivity index is 2.95. The van der Waals surface area contributed by atoms with Crippen LogP contribution in [0, 0.1) is 0 Å². The van der Waals surface area contributed by atoms with Crippen LogP contribution in [0.15, 0.2) is 23.3 Å². The lowest BCUT2D eigenvalue weighted by molar-refractivity contribution is 0.582. The normalized spacial score (nSPS) is 11.4. The Bertz CT molecular complexity index is 522. The molecule has 4 heteroatoms. The first-order chi connectivity index (χ1) is 6.63. The lowest BCUT2D eigenvalue weighted by Gasteiger charge is -2.05. The van der Waals surface area contributed by atoms with Crippen LogP contribution in [-0.2, 0) is 7.05 Å². The Kier molecular flexibility index (Phi) is 1.91. The van der Waals surface area contributed by atoms with Gasteiger partial charge >= 0.3 is 5.69 Å². The standard InChI is InChI=1S/C10H13N3O/c1-7(2)13-9-6-11-5-4-8(9)12(3)10(13)14/h4-7H,1-3H3. The van der Waals surface area contributed by atoms with Crippen molar-refractivity contribution in [3.63, 3.8) is 0 Å². The van der Waals surface area contributed by atoms with E-state index >= 15 is 0 Å². The fraction of sp³-hybridized carbons (Fsp3) is 0.400. The van der Waals surface area contributed by atoms with Crippen LogP contribution in [0.3, 0.4) is 0 Å². The zero-order chi connectivity index (χ0) is 10.3. The molecular formula is C10H13N3O. The quantitative estimate of drug-likeness (QED) is 0.682. The van der Waals surface area contributed by atoms with Gasteiger partial charge in [0.1, 0.15) is 0 Å². The van der Waals surface area contributed by atoms with Gasteiger partial charge in [-0.15, -0.1) is 0 Å². The van der Waals surface area contributed by atoms with Gasteiger partial charge in [-0.3, -0.25) is 14.1 Å². The van der Waals surface area contributed by atoms with Gasteiger partial charge in [0.2, 0.25) is 0 Å². The maximum atomic E-state index is 11.8. The second-order valence-electron chi connectivity index (χ2n) is 3.67. The Morgan fingerprint density at radius 1 is 1.36 bits per heavy atom. The number of imidazole rings is 1. The van der Waals surface area contributed by atoms with E-state index in [0.717, 1.165) is 11.0 Å². The van der Waals surface area contributed by atoms with Crippen LogP contribution in [-0.4, -0.2) is 14.1 Å². The van der Waals surface area contributed by atoms with E-state index in [2.05, 4.69) is 4.98 Å². The summed E-state index contributed by atoms with van der Waals surface area (Å²) in [6.45, 7) is 3.99. The summed E-state index contributed by atoms with van der Waals surface area (Å²) in [6, 6.07) is 2.02. The maximum absolute atomic E-state index is 11.8. The maximum Gasteiger partial charge on any atom is 0.329 e. The molecule has 0 aliphatic heterocycles. The highest BCUT2D eigenvalue weighted by Gasteiger charge is 2.11. The van der Waals surface area contributed by atoms with Gasteiger partial charge in [-0.25, -0.2) is 4.79 Å². The molecule has 0 spiro atoms. The molecule has 0 saturated carbocycles. The first-order valence-electron chi connectivity index (χ1n) is 4.64. The summed E-state index contributed by atoms with van der Waals surface area (Å²) in [5.74, 6) is 0. The molecule has 0 unspecified atom stereocenters. The lowest BCUT2D eigenvalue weighted by atomic mass is 10.3. The van der Waals surface area contributed by atoms with Crippen LogP contribution >= 0.6 is 0 Å². The van der Waals surface area contributed by atoms with Gasteiger partial charge in [0.05, 0.1) is 17.2 Å². The summed E-state index contributed by atoms with van der Waals surface area (Å²) in [6.07, 6.45) is 3.43. The van der Waals surface area contributed by atoms with Gasteiger partial charge in [-0.1, -0.05) is 0 Å². The minimum Gasteiger partial charge on any atom is -0.295 e. The minimum atomic E-state index is 0.0167. The van der Waals surface area contributed by atoms with Crippen LogP contribution < -0.4 is 5.69 Å². The highest BCUT2D eigenvalue weighted by Crippen LogP contribution is 2.13. The average molecular weight is 191 g/mol. The third-order valence-electron chi connectivity index (χ3n) is 2.41. The first-order valence-corrected chi connectivity index (χ1v) is 4.64. The third kappa shape index (κ3) is 1.07. The van der Waals surface area contributed by atoms with Gasteiger partial charge in [0.25, 0.3) is 0 Å². The minimum absolute atomic E-state index is 0.0167. The number of fused-ring (bicyclic) bond motifs is 1. The molecule has 14 heavy (non-hydrogen) atoms. The van der Waals surface area contributed by atoms with E-state index in [-0.39, 0.29) is 11.7 Å². The van der Waals surface area contributed by atoms with Crippen molar-refractivity contribution in [3.8, 4) is 0 Å². The number of nitrogens with zero attached hydrogens (tertiary/aromatic N) is 3. The number of rotatable bonds is 1. The Morgan fingerprint density at radius 3 is 2.71 bits per heavy atom. The Labute approximate surface area is 81.8 Å². The summed E-state index contributed by atoms with van der Waals surface area (Å²) in [7, 11) is 1.78. The van der Waals surface area contributed by atoms with E-state index in [1.54, 1.807) is 28.6 Å². The van der Waals surface area contributed by atoms with Crippen molar-refractivity contribution in [1.29, 1.82) is 0 Å². The Hall–Kier alpha value is -1.58. The fourth-order valence-corrected chi connectivity index (χ4v) is 1.71. The van der Waals surface area contributed by atoms with Crippen molar-refractivity contribution >= 4 is 11.0 Å². The highest BCUT2D eigenvalue weighted by molar-refractivity contribution is 5.74. The van der Waals surface area contributed by atoms with E-state index in [1.807, 2.05) is 19.9 Å². The molecule has 0 aliphatic carbocycles. The molecule has 0 atom stereocenters. The average Bonchev–Trinajstić information content (AvgIpc) is 2.41. The molecule has 2 rings (SSSR count). The topological polar surface area (TPSA) is 39.8 Å². The van der Waals surface area contributed by atoms with Crippen LogP contribution in [0.5, 0.6) is 0 Å². The van der Waals surface area contributed by atoms with Gasteiger partial charge in [0, 0.05) is 19.3 Å². The molecular weight excluding hydrogens is 178 g/mol. The van der Waals surface area contributed by atoms with Crippen molar-refractivity contribution in [2.75, 3.05) is 0 Å². The number of aromatic nitrogens is 3. The van der Waals surface area contributed by atoms with E-state index < -0.39 is 0 Å². The predicted molar refractivity (Wildman–Crippen MR) is 55.4 cm³/mol. The second-order valence-corrected chi connectivity index (χ2v) is 3.67. The molecule has 2 heterocycles. The molecule has 0 radical (unpaired) electrons. The first kappa shape index (κ1) is 8.99. The second kappa shape index (κ2) is 2.97. The SMILES string of the molecule is CC(C)n1c(=O)n(C)c2ccncc21. The molecule has 0 amide bonds. The van der Waals surface area contributed by atoms with E-state index in [1.165, 1.54) is 0 Å². The molecule has 4 nitrogen and oxygen atoms in total. The van der Waals surface area contributed by atoms with Gasteiger partial charge in [-0.2, -0.15) is 0 Å². The monoisotopic (exact) mass is 191 g/mol. The predicted octanol–water partition coefficient (Wildman–Crippen LogP) is 1.32. The summed E-state index contributed by atoms with van der Waals surface area (Å²) < 4.78 is 3.40. The molecule has 0 aliphatic rings.